The van der Waals surface area contributed by atoms with Crippen molar-refractivity contribution in [2.24, 2.45) is 0 Å². The molecule has 1 unspecified atom stereocenters. The molecule has 1 aromatic heterocycles. The summed E-state index contributed by atoms with van der Waals surface area (Å²) in [5, 5.41) is 7.17. The fourth-order valence-electron chi connectivity index (χ4n) is 2.40. The van der Waals surface area contributed by atoms with Gasteiger partial charge in [-0.2, -0.15) is 0 Å². The second-order valence-corrected chi connectivity index (χ2v) is 4.82. The predicted molar refractivity (Wildman–Crippen MR) is 68.5 cm³/mol. The van der Waals surface area contributed by atoms with E-state index in [4.69, 9.17) is 4.52 Å². The largest absolute Gasteiger partial charge is 0.361 e. The van der Waals surface area contributed by atoms with Gasteiger partial charge in [0.1, 0.15) is 5.76 Å². The van der Waals surface area contributed by atoms with Crippen LogP contribution in [0.25, 0.3) is 0 Å². The first-order valence-corrected chi connectivity index (χ1v) is 6.67. The van der Waals surface area contributed by atoms with Crippen molar-refractivity contribution in [3.8, 4) is 0 Å². The van der Waals surface area contributed by atoms with Crippen LogP contribution in [0.2, 0.25) is 0 Å². The highest BCUT2D eigenvalue weighted by atomic mass is 16.5. The lowest BCUT2D eigenvalue weighted by molar-refractivity contribution is 0.0638. The predicted octanol–water partition coefficient (Wildman–Crippen LogP) is 1.59. The number of carbonyl (C=O) groups is 1. The van der Waals surface area contributed by atoms with Crippen molar-refractivity contribution in [2.75, 3.05) is 19.6 Å². The summed E-state index contributed by atoms with van der Waals surface area (Å²) >= 11 is 0. The molecule has 0 aromatic carbocycles. The zero-order valence-corrected chi connectivity index (χ0v) is 11.1. The van der Waals surface area contributed by atoms with E-state index in [1.165, 1.54) is 0 Å². The van der Waals surface area contributed by atoms with Gasteiger partial charge in [0, 0.05) is 25.2 Å². The molecule has 1 atom stereocenters. The number of aromatic nitrogens is 1. The Morgan fingerprint density at radius 1 is 1.67 bits per heavy atom. The molecule has 1 aliphatic heterocycles. The first-order chi connectivity index (χ1) is 8.72. The molecule has 100 valence electrons. The maximum absolute atomic E-state index is 12.4. The molecule has 1 N–H and O–H groups in total. The molecule has 1 aliphatic rings. The second-order valence-electron chi connectivity index (χ2n) is 4.82. The Morgan fingerprint density at radius 3 is 3.06 bits per heavy atom. The molecule has 0 radical (unpaired) electrons. The lowest BCUT2D eigenvalue weighted by Crippen LogP contribution is -2.49. The minimum absolute atomic E-state index is 0.0117. The average molecular weight is 251 g/mol. The van der Waals surface area contributed by atoms with Crippen LogP contribution in [0.1, 0.15) is 42.4 Å². The van der Waals surface area contributed by atoms with E-state index in [-0.39, 0.29) is 11.9 Å². The van der Waals surface area contributed by atoms with Crippen LogP contribution >= 0.6 is 0 Å². The van der Waals surface area contributed by atoms with Gasteiger partial charge in [0.2, 0.25) is 0 Å². The number of nitrogens with zero attached hydrogens (tertiary/aromatic N) is 2. The molecule has 1 saturated heterocycles. The van der Waals surface area contributed by atoms with Gasteiger partial charge in [0.15, 0.2) is 5.69 Å². The molecule has 0 saturated carbocycles. The number of nitrogens with one attached hydrogen (secondary N) is 1. The molecule has 5 nitrogen and oxygen atoms in total. The average Bonchev–Trinajstić information content (AvgIpc) is 2.83. The van der Waals surface area contributed by atoms with Crippen molar-refractivity contribution in [3.63, 3.8) is 0 Å². The number of aryl methyl sites for hydroxylation is 1. The fraction of sp³-hybridized carbons (Fsp3) is 0.692. The summed E-state index contributed by atoms with van der Waals surface area (Å²) < 4.78 is 4.99. The molecule has 1 fully saturated rings. The molecule has 1 amide bonds. The third-order valence-corrected chi connectivity index (χ3v) is 3.28. The van der Waals surface area contributed by atoms with Crippen molar-refractivity contribution in [1.82, 2.24) is 15.4 Å². The first kappa shape index (κ1) is 13.1. The van der Waals surface area contributed by atoms with Crippen LogP contribution in [0.15, 0.2) is 10.6 Å². The quantitative estimate of drug-likeness (QED) is 0.882. The van der Waals surface area contributed by atoms with Gasteiger partial charge < -0.3 is 14.7 Å². The Morgan fingerprint density at radius 2 is 2.50 bits per heavy atom. The highest BCUT2D eigenvalue weighted by Gasteiger charge is 2.27. The van der Waals surface area contributed by atoms with E-state index in [0.29, 0.717) is 11.5 Å². The van der Waals surface area contributed by atoms with Crippen LogP contribution in [0.3, 0.4) is 0 Å². The van der Waals surface area contributed by atoms with Crippen LogP contribution in [0.5, 0.6) is 0 Å². The Hall–Kier alpha value is -1.36. The maximum atomic E-state index is 12.4. The van der Waals surface area contributed by atoms with Gasteiger partial charge in [0.05, 0.1) is 0 Å². The van der Waals surface area contributed by atoms with E-state index in [1.54, 1.807) is 13.0 Å². The van der Waals surface area contributed by atoms with Crippen LogP contribution in [-0.2, 0) is 0 Å². The fourth-order valence-corrected chi connectivity index (χ4v) is 2.40. The molecule has 5 heteroatoms. The Bertz CT molecular complexity index is 397. The number of piperidine rings is 1. The van der Waals surface area contributed by atoms with Gasteiger partial charge in [-0.1, -0.05) is 12.1 Å². The molecular formula is C13H21N3O2. The molecule has 18 heavy (non-hydrogen) atoms. The summed E-state index contributed by atoms with van der Waals surface area (Å²) in [6.07, 6.45) is 3.14. The van der Waals surface area contributed by atoms with Crippen molar-refractivity contribution >= 4 is 5.91 Å². The standard InChI is InChI=1S/C13H21N3O2/c1-3-7-16(11-5-4-6-14-9-11)13(17)12-8-10(2)18-15-12/h8,11,14H,3-7,9H2,1-2H3. The van der Waals surface area contributed by atoms with Gasteiger partial charge in [0.25, 0.3) is 5.91 Å². The zero-order chi connectivity index (χ0) is 13.0. The molecule has 2 rings (SSSR count). The summed E-state index contributed by atoms with van der Waals surface area (Å²) in [5.74, 6) is 0.666. The zero-order valence-electron chi connectivity index (χ0n) is 11.1. The lowest BCUT2D eigenvalue weighted by Gasteiger charge is -2.34. The number of hydrogen-bond acceptors (Lipinski definition) is 4. The van der Waals surface area contributed by atoms with Gasteiger partial charge in [-0.3, -0.25) is 4.79 Å². The number of rotatable bonds is 4. The third-order valence-electron chi connectivity index (χ3n) is 3.28. The SMILES string of the molecule is CCCN(C(=O)c1cc(C)on1)C1CCCNC1. The van der Waals surface area contributed by atoms with Gasteiger partial charge >= 0.3 is 0 Å². The van der Waals surface area contributed by atoms with E-state index in [2.05, 4.69) is 17.4 Å². The highest BCUT2D eigenvalue weighted by molar-refractivity contribution is 5.92. The molecule has 0 bridgehead atoms. The van der Waals surface area contributed by atoms with Crippen LogP contribution in [-0.4, -0.2) is 41.6 Å². The second kappa shape index (κ2) is 6.00. The van der Waals surface area contributed by atoms with Crippen molar-refractivity contribution in [3.05, 3.63) is 17.5 Å². The topological polar surface area (TPSA) is 58.4 Å². The lowest BCUT2D eigenvalue weighted by atomic mass is 10.0. The van der Waals surface area contributed by atoms with E-state index < -0.39 is 0 Å². The summed E-state index contributed by atoms with van der Waals surface area (Å²) in [6, 6.07) is 1.99. The number of amides is 1. The van der Waals surface area contributed by atoms with E-state index in [9.17, 15) is 4.79 Å². The first-order valence-electron chi connectivity index (χ1n) is 6.67. The summed E-state index contributed by atoms with van der Waals surface area (Å²) in [5.41, 5.74) is 0.423. The van der Waals surface area contributed by atoms with Crippen LogP contribution in [0, 0.1) is 6.92 Å². The smallest absolute Gasteiger partial charge is 0.276 e. The summed E-state index contributed by atoms with van der Waals surface area (Å²) in [7, 11) is 0. The number of carbonyl (C=O) groups excluding carboxylic acids is 1. The van der Waals surface area contributed by atoms with Crippen LogP contribution < -0.4 is 5.32 Å². The minimum Gasteiger partial charge on any atom is -0.361 e. The molecule has 0 aliphatic carbocycles. The van der Waals surface area contributed by atoms with Crippen molar-refractivity contribution in [2.45, 2.75) is 39.2 Å². The normalized spacial score (nSPS) is 19.8. The maximum Gasteiger partial charge on any atom is 0.276 e. The van der Waals surface area contributed by atoms with E-state index in [1.807, 2.05) is 4.90 Å². The highest BCUT2D eigenvalue weighted by Crippen LogP contribution is 2.15. The Kier molecular flexibility index (Phi) is 4.36. The van der Waals surface area contributed by atoms with Crippen LogP contribution in [0.4, 0.5) is 0 Å². The van der Waals surface area contributed by atoms with Gasteiger partial charge in [-0.15, -0.1) is 0 Å². The Balaban J connectivity index is 2.10. The van der Waals surface area contributed by atoms with E-state index in [0.717, 1.165) is 38.9 Å². The van der Waals surface area contributed by atoms with Gasteiger partial charge in [-0.25, -0.2) is 0 Å². The van der Waals surface area contributed by atoms with Gasteiger partial charge in [-0.05, 0) is 32.7 Å². The molecule has 1 aromatic rings. The third kappa shape index (κ3) is 2.90. The molecule has 2 heterocycles. The minimum atomic E-state index is -0.0117. The van der Waals surface area contributed by atoms with Crippen molar-refractivity contribution in [1.29, 1.82) is 0 Å². The molecular weight excluding hydrogens is 230 g/mol. The monoisotopic (exact) mass is 251 g/mol. The molecule has 0 spiro atoms. The van der Waals surface area contributed by atoms with Crippen molar-refractivity contribution < 1.29 is 9.32 Å². The summed E-state index contributed by atoms with van der Waals surface area (Å²) in [4.78, 5) is 14.4. The van der Waals surface area contributed by atoms with E-state index >= 15 is 0 Å². The Labute approximate surface area is 108 Å². The number of hydrogen-bond donors (Lipinski definition) is 1. The summed E-state index contributed by atoms with van der Waals surface area (Å²) in [6.45, 7) is 6.59.